The third kappa shape index (κ3) is 4.65. The van der Waals surface area contributed by atoms with Crippen LogP contribution in [0.3, 0.4) is 0 Å². The molecule has 2 amide bonds. The van der Waals surface area contributed by atoms with E-state index in [0.717, 1.165) is 24.2 Å². The maximum absolute atomic E-state index is 12.7. The van der Waals surface area contributed by atoms with Gasteiger partial charge in [0.05, 0.1) is 28.4 Å². The summed E-state index contributed by atoms with van der Waals surface area (Å²) in [6.07, 6.45) is 2.04. The molecule has 27 heavy (non-hydrogen) atoms. The molecule has 1 saturated carbocycles. The molecule has 0 radical (unpaired) electrons. The van der Waals surface area contributed by atoms with Crippen molar-refractivity contribution in [3.05, 3.63) is 16.0 Å². The van der Waals surface area contributed by atoms with E-state index in [1.807, 2.05) is 0 Å². The minimum Gasteiger partial charge on any atom is -0.481 e. The van der Waals surface area contributed by atoms with Gasteiger partial charge in [0.2, 0.25) is 5.91 Å². The van der Waals surface area contributed by atoms with Crippen LogP contribution in [0.1, 0.15) is 65.1 Å². The number of anilines is 1. The van der Waals surface area contributed by atoms with Gasteiger partial charge in [-0.3, -0.25) is 14.4 Å². The van der Waals surface area contributed by atoms with Crippen LogP contribution in [-0.4, -0.2) is 35.0 Å². The molecule has 8 nitrogen and oxygen atoms in total. The highest BCUT2D eigenvalue weighted by molar-refractivity contribution is 7.18. The number of carboxylic acids is 1. The van der Waals surface area contributed by atoms with Crippen molar-refractivity contribution in [2.24, 2.45) is 17.6 Å². The zero-order valence-electron chi connectivity index (χ0n) is 15.5. The van der Waals surface area contributed by atoms with Crippen LogP contribution in [0.2, 0.25) is 0 Å². The second kappa shape index (κ2) is 8.51. The summed E-state index contributed by atoms with van der Waals surface area (Å²) < 4.78 is 5.21. The number of thiophene rings is 1. The van der Waals surface area contributed by atoms with Gasteiger partial charge in [-0.2, -0.15) is 0 Å². The summed E-state index contributed by atoms with van der Waals surface area (Å²) in [7, 11) is 0. The van der Waals surface area contributed by atoms with Crippen molar-refractivity contribution < 1.29 is 29.0 Å². The van der Waals surface area contributed by atoms with Gasteiger partial charge in [0.15, 0.2) is 0 Å². The SMILES string of the molecule is Cc1c(C(N)=O)sc(NC(=O)[C@H]2CCCC[C@H]2C(=O)O)c1C(=O)OC(C)C. The maximum atomic E-state index is 12.7. The highest BCUT2D eigenvalue weighted by Gasteiger charge is 2.37. The lowest BCUT2D eigenvalue weighted by atomic mass is 9.79. The smallest absolute Gasteiger partial charge is 0.341 e. The van der Waals surface area contributed by atoms with Crippen LogP contribution in [0.15, 0.2) is 0 Å². The van der Waals surface area contributed by atoms with E-state index in [2.05, 4.69) is 5.32 Å². The van der Waals surface area contributed by atoms with E-state index in [-0.39, 0.29) is 21.5 Å². The molecule has 2 rings (SSSR count). The monoisotopic (exact) mass is 396 g/mol. The molecule has 4 N–H and O–H groups in total. The highest BCUT2D eigenvalue weighted by Crippen LogP contribution is 2.36. The molecule has 1 fully saturated rings. The first-order valence-electron chi connectivity index (χ1n) is 8.81. The lowest BCUT2D eigenvalue weighted by Crippen LogP contribution is -2.36. The highest BCUT2D eigenvalue weighted by atomic mass is 32.1. The molecule has 9 heteroatoms. The Bertz CT molecular complexity index is 770. The summed E-state index contributed by atoms with van der Waals surface area (Å²) in [4.78, 5) is 48.4. The molecule has 0 unspecified atom stereocenters. The number of carboxylic acid groups (broad SMARTS) is 1. The fourth-order valence-corrected chi connectivity index (χ4v) is 4.35. The van der Waals surface area contributed by atoms with Gasteiger partial charge in [-0.25, -0.2) is 4.79 Å². The predicted molar refractivity (Wildman–Crippen MR) is 99.8 cm³/mol. The van der Waals surface area contributed by atoms with Gasteiger partial charge in [0.1, 0.15) is 5.00 Å². The molecule has 1 aliphatic rings. The number of nitrogens with one attached hydrogen (secondary N) is 1. The van der Waals surface area contributed by atoms with Crippen molar-refractivity contribution in [3.8, 4) is 0 Å². The van der Waals surface area contributed by atoms with E-state index >= 15 is 0 Å². The van der Waals surface area contributed by atoms with E-state index in [1.165, 1.54) is 0 Å². The summed E-state index contributed by atoms with van der Waals surface area (Å²) in [6, 6.07) is 0. The molecule has 0 spiro atoms. The number of primary amides is 1. The molecule has 0 aromatic carbocycles. The zero-order chi connectivity index (χ0) is 20.3. The van der Waals surface area contributed by atoms with Gasteiger partial charge in [-0.05, 0) is 39.2 Å². The number of rotatable bonds is 6. The first-order valence-corrected chi connectivity index (χ1v) is 9.63. The van der Waals surface area contributed by atoms with E-state index in [1.54, 1.807) is 20.8 Å². The van der Waals surface area contributed by atoms with Crippen LogP contribution in [0.4, 0.5) is 5.00 Å². The Morgan fingerprint density at radius 1 is 1.19 bits per heavy atom. The van der Waals surface area contributed by atoms with E-state index in [4.69, 9.17) is 10.5 Å². The summed E-state index contributed by atoms with van der Waals surface area (Å²) >= 11 is 0.897. The third-order valence-corrected chi connectivity index (χ3v) is 5.80. The second-order valence-corrected chi connectivity index (χ2v) is 7.92. The average Bonchev–Trinajstić information content (AvgIpc) is 2.90. The first kappa shape index (κ1) is 20.9. The van der Waals surface area contributed by atoms with Gasteiger partial charge in [0, 0.05) is 0 Å². The molecule has 1 aromatic heterocycles. The number of amides is 2. The Morgan fingerprint density at radius 2 is 1.78 bits per heavy atom. The number of carbonyl (C=O) groups is 4. The fraction of sp³-hybridized carbons (Fsp3) is 0.556. The van der Waals surface area contributed by atoms with Gasteiger partial charge in [0.25, 0.3) is 5.91 Å². The third-order valence-electron chi connectivity index (χ3n) is 4.57. The number of esters is 1. The number of aliphatic carboxylic acids is 1. The number of nitrogens with two attached hydrogens (primary N) is 1. The standard InChI is InChI=1S/C18H24N2O6S/c1-8(2)26-18(25)12-9(3)13(14(19)21)27-16(12)20-15(22)10-6-4-5-7-11(10)17(23)24/h8,10-11H,4-7H2,1-3H3,(H2,19,21)(H,20,22)(H,23,24)/t10-,11+/m0/s1. The largest absolute Gasteiger partial charge is 0.481 e. The summed E-state index contributed by atoms with van der Waals surface area (Å²) in [5, 5.41) is 12.2. The number of ether oxygens (including phenoxy) is 1. The van der Waals surface area contributed by atoms with Crippen molar-refractivity contribution in [3.63, 3.8) is 0 Å². The normalized spacial score (nSPS) is 19.6. The molecule has 1 heterocycles. The van der Waals surface area contributed by atoms with Crippen LogP contribution < -0.4 is 11.1 Å². The van der Waals surface area contributed by atoms with Gasteiger partial charge in [-0.15, -0.1) is 11.3 Å². The number of carbonyl (C=O) groups excluding carboxylic acids is 3. The lowest BCUT2D eigenvalue weighted by molar-refractivity contribution is -0.147. The average molecular weight is 396 g/mol. The Kier molecular flexibility index (Phi) is 6.59. The molecule has 0 aliphatic heterocycles. The quantitative estimate of drug-likeness (QED) is 0.632. The summed E-state index contributed by atoms with van der Waals surface area (Å²) in [6.45, 7) is 4.93. The van der Waals surface area contributed by atoms with Crippen molar-refractivity contribution in [2.75, 3.05) is 5.32 Å². The fourth-order valence-electron chi connectivity index (χ4n) is 3.30. The molecule has 1 aliphatic carbocycles. The topological polar surface area (TPSA) is 136 Å². The van der Waals surface area contributed by atoms with Crippen molar-refractivity contribution in [1.29, 1.82) is 0 Å². The first-order chi connectivity index (χ1) is 12.6. The molecular formula is C18H24N2O6S. The predicted octanol–water partition coefficient (Wildman–Crippen LogP) is 2.55. The Labute approximate surface area is 161 Å². The van der Waals surface area contributed by atoms with Crippen molar-refractivity contribution >= 4 is 40.1 Å². The molecule has 0 bridgehead atoms. The minimum atomic E-state index is -1.01. The molecule has 148 valence electrons. The Balaban J connectivity index is 2.35. The zero-order valence-corrected chi connectivity index (χ0v) is 16.4. The van der Waals surface area contributed by atoms with E-state index < -0.39 is 35.6 Å². The van der Waals surface area contributed by atoms with Crippen LogP contribution in [0, 0.1) is 18.8 Å². The molecular weight excluding hydrogens is 372 g/mol. The van der Waals surface area contributed by atoms with Crippen LogP contribution in [0.5, 0.6) is 0 Å². The van der Waals surface area contributed by atoms with Crippen molar-refractivity contribution in [2.45, 2.75) is 52.6 Å². The van der Waals surface area contributed by atoms with Crippen LogP contribution >= 0.6 is 11.3 Å². The lowest BCUT2D eigenvalue weighted by Gasteiger charge is -2.27. The van der Waals surface area contributed by atoms with Gasteiger partial charge < -0.3 is 20.9 Å². The van der Waals surface area contributed by atoms with E-state index in [0.29, 0.717) is 18.4 Å². The molecule has 1 aromatic rings. The Morgan fingerprint density at radius 3 is 2.30 bits per heavy atom. The number of hydrogen-bond donors (Lipinski definition) is 3. The van der Waals surface area contributed by atoms with Crippen LogP contribution in [-0.2, 0) is 14.3 Å². The summed E-state index contributed by atoms with van der Waals surface area (Å²) in [5.41, 5.74) is 5.78. The second-order valence-electron chi connectivity index (χ2n) is 6.90. The van der Waals surface area contributed by atoms with Gasteiger partial charge >= 0.3 is 11.9 Å². The minimum absolute atomic E-state index is 0.0820. The Hall–Kier alpha value is -2.42. The van der Waals surface area contributed by atoms with Gasteiger partial charge in [-0.1, -0.05) is 12.8 Å². The van der Waals surface area contributed by atoms with Crippen LogP contribution in [0.25, 0.3) is 0 Å². The molecule has 2 atom stereocenters. The van der Waals surface area contributed by atoms with E-state index in [9.17, 15) is 24.3 Å². The maximum Gasteiger partial charge on any atom is 0.341 e. The number of hydrogen-bond acceptors (Lipinski definition) is 6. The molecule has 0 saturated heterocycles. The van der Waals surface area contributed by atoms with Crippen molar-refractivity contribution in [1.82, 2.24) is 0 Å². The summed E-state index contributed by atoms with van der Waals surface area (Å²) in [5.74, 6) is -4.31.